The van der Waals surface area contributed by atoms with E-state index < -0.39 is 58.3 Å². The smallest absolute Gasteiger partial charge is 0.302 e. The summed E-state index contributed by atoms with van der Waals surface area (Å²) in [5.41, 5.74) is -2.25. The van der Waals surface area contributed by atoms with E-state index in [0.29, 0.717) is 18.4 Å². The molecule has 0 aromatic heterocycles. The largest absolute Gasteiger partial charge is 0.462 e. The van der Waals surface area contributed by atoms with Crippen LogP contribution in [0.2, 0.25) is 0 Å². The highest BCUT2D eigenvalue weighted by molar-refractivity contribution is 6.06. The van der Waals surface area contributed by atoms with Gasteiger partial charge < -0.3 is 14.6 Å². The van der Waals surface area contributed by atoms with E-state index in [1.54, 1.807) is 0 Å². The molecule has 4 saturated carbocycles. The van der Waals surface area contributed by atoms with Crippen molar-refractivity contribution in [1.82, 2.24) is 0 Å². The van der Waals surface area contributed by atoms with Crippen LogP contribution in [0.1, 0.15) is 60.3 Å². The van der Waals surface area contributed by atoms with Gasteiger partial charge in [0, 0.05) is 54.8 Å². The molecule has 2 bridgehead atoms. The Hall–Kier alpha value is -2.02. The second-order valence-corrected chi connectivity index (χ2v) is 10.9. The van der Waals surface area contributed by atoms with Gasteiger partial charge >= 0.3 is 11.9 Å². The van der Waals surface area contributed by atoms with E-state index in [9.17, 15) is 24.3 Å². The quantitative estimate of drug-likeness (QED) is 0.527. The molecule has 0 aromatic carbocycles. The lowest BCUT2D eigenvalue weighted by Crippen LogP contribution is -2.71. The molecule has 31 heavy (non-hydrogen) atoms. The zero-order valence-corrected chi connectivity index (χ0v) is 18.9. The van der Waals surface area contributed by atoms with Gasteiger partial charge in [-0.15, -0.1) is 0 Å². The molecule has 0 amide bonds. The van der Waals surface area contributed by atoms with Gasteiger partial charge in [-0.3, -0.25) is 19.2 Å². The maximum atomic E-state index is 13.8. The Morgan fingerprint density at radius 1 is 1.03 bits per heavy atom. The highest BCUT2D eigenvalue weighted by Gasteiger charge is 2.75. The third kappa shape index (κ3) is 2.81. The van der Waals surface area contributed by atoms with Crippen molar-refractivity contribution in [3.8, 4) is 0 Å². The SMILES string of the molecule is C=C1C(=O)C23CC(=O)C4C(C)(C)C(OC(C)=O)CC(OC(C)=O)C4(C)C2C(O)CC1C3. The van der Waals surface area contributed by atoms with Crippen molar-refractivity contribution in [2.24, 2.45) is 34.0 Å². The molecule has 8 unspecified atom stereocenters. The lowest BCUT2D eigenvalue weighted by Gasteiger charge is -2.65. The van der Waals surface area contributed by atoms with E-state index in [0.717, 1.165) is 0 Å². The van der Waals surface area contributed by atoms with Crippen LogP contribution < -0.4 is 0 Å². The van der Waals surface area contributed by atoms with Gasteiger partial charge in [-0.25, -0.2) is 0 Å². The predicted octanol–water partition coefficient (Wildman–Crippen LogP) is 2.39. The molecular weight excluding hydrogens is 400 g/mol. The first kappa shape index (κ1) is 22.2. The van der Waals surface area contributed by atoms with Crippen LogP contribution in [0.25, 0.3) is 0 Å². The molecular formula is C24H32O7. The van der Waals surface area contributed by atoms with E-state index in [1.165, 1.54) is 13.8 Å². The van der Waals surface area contributed by atoms with Gasteiger partial charge in [0.05, 0.1) is 6.10 Å². The van der Waals surface area contributed by atoms with Crippen LogP contribution in [0.3, 0.4) is 0 Å². The molecule has 0 saturated heterocycles. The van der Waals surface area contributed by atoms with Gasteiger partial charge in [0.2, 0.25) is 0 Å². The van der Waals surface area contributed by atoms with Crippen LogP contribution in [0.4, 0.5) is 0 Å². The third-order valence-electron chi connectivity index (χ3n) is 8.77. The molecule has 170 valence electrons. The first-order chi connectivity index (χ1) is 14.3. The minimum atomic E-state index is -1.01. The first-order valence-corrected chi connectivity index (χ1v) is 11.1. The summed E-state index contributed by atoms with van der Waals surface area (Å²) in [7, 11) is 0. The number of hydrogen-bond donors (Lipinski definition) is 1. The summed E-state index contributed by atoms with van der Waals surface area (Å²) in [6.07, 6.45) is -1.06. The lowest BCUT2D eigenvalue weighted by molar-refractivity contribution is -0.247. The van der Waals surface area contributed by atoms with Gasteiger partial charge in [0.1, 0.15) is 18.0 Å². The monoisotopic (exact) mass is 432 g/mol. The molecule has 0 radical (unpaired) electrons. The highest BCUT2D eigenvalue weighted by atomic mass is 16.6. The number of carbonyl (C=O) groups is 4. The predicted molar refractivity (Wildman–Crippen MR) is 110 cm³/mol. The normalized spacial score (nSPS) is 45.5. The zero-order chi connectivity index (χ0) is 23.1. The molecule has 4 rings (SSSR count). The minimum Gasteiger partial charge on any atom is -0.462 e. The standard InChI is InChI=1S/C24H32O7/c1-11-14-7-15(27)20-23(6)18(31-13(3)26)8-17(30-12(2)25)22(4,5)19(23)16(28)10-24(20,9-14)21(11)29/h14-15,17-20,27H,1,7-10H2,2-6H3. The van der Waals surface area contributed by atoms with Crippen LogP contribution in [-0.2, 0) is 28.7 Å². The second-order valence-electron chi connectivity index (χ2n) is 10.9. The van der Waals surface area contributed by atoms with Crippen molar-refractivity contribution in [1.29, 1.82) is 0 Å². The fraction of sp³-hybridized carbons (Fsp3) is 0.750. The number of Topliss-reactive ketones (excluding diaryl/α,β-unsaturated/α-hetero) is 2. The van der Waals surface area contributed by atoms with Gasteiger partial charge in [-0.1, -0.05) is 27.4 Å². The lowest BCUT2D eigenvalue weighted by atomic mass is 9.39. The minimum absolute atomic E-state index is 0.0341. The summed E-state index contributed by atoms with van der Waals surface area (Å²) in [4.78, 5) is 51.0. The number of aliphatic hydroxyl groups excluding tert-OH is 1. The van der Waals surface area contributed by atoms with Crippen molar-refractivity contribution < 1.29 is 33.8 Å². The number of aliphatic hydroxyl groups is 1. The van der Waals surface area contributed by atoms with E-state index in [-0.39, 0.29) is 30.3 Å². The Morgan fingerprint density at radius 3 is 2.19 bits per heavy atom. The summed E-state index contributed by atoms with van der Waals surface area (Å²) in [6.45, 7) is 12.2. The number of esters is 2. The number of ketones is 2. The molecule has 4 aliphatic carbocycles. The number of hydrogen-bond acceptors (Lipinski definition) is 7. The van der Waals surface area contributed by atoms with Crippen LogP contribution >= 0.6 is 0 Å². The summed E-state index contributed by atoms with van der Waals surface area (Å²) < 4.78 is 11.3. The fourth-order valence-electron chi connectivity index (χ4n) is 7.98. The van der Waals surface area contributed by atoms with Crippen molar-refractivity contribution in [2.75, 3.05) is 0 Å². The molecule has 8 atom stereocenters. The van der Waals surface area contributed by atoms with Crippen LogP contribution in [-0.4, -0.2) is 46.9 Å². The molecule has 0 aromatic rings. The Bertz CT molecular complexity index is 888. The summed E-state index contributed by atoms with van der Waals surface area (Å²) in [5, 5.41) is 11.3. The number of fused-ring (bicyclic) bond motifs is 3. The molecule has 7 heteroatoms. The van der Waals surface area contributed by atoms with Gasteiger partial charge in [0.15, 0.2) is 5.78 Å². The van der Waals surface area contributed by atoms with Crippen molar-refractivity contribution in [3.63, 3.8) is 0 Å². The molecule has 4 aliphatic rings. The van der Waals surface area contributed by atoms with E-state index >= 15 is 0 Å². The van der Waals surface area contributed by atoms with Crippen LogP contribution in [0.5, 0.6) is 0 Å². The highest BCUT2D eigenvalue weighted by Crippen LogP contribution is 2.70. The number of allylic oxidation sites excluding steroid dienone is 1. The molecule has 1 N–H and O–H groups in total. The van der Waals surface area contributed by atoms with Gasteiger partial charge in [-0.05, 0) is 24.3 Å². The fourth-order valence-corrected chi connectivity index (χ4v) is 7.98. The van der Waals surface area contributed by atoms with Crippen LogP contribution in [0.15, 0.2) is 12.2 Å². The Balaban J connectivity index is 1.90. The maximum Gasteiger partial charge on any atom is 0.302 e. The molecule has 7 nitrogen and oxygen atoms in total. The van der Waals surface area contributed by atoms with E-state index in [2.05, 4.69) is 6.58 Å². The van der Waals surface area contributed by atoms with Crippen molar-refractivity contribution in [2.45, 2.75) is 78.6 Å². The Labute approximate surface area is 182 Å². The van der Waals surface area contributed by atoms with Gasteiger partial charge in [-0.2, -0.15) is 0 Å². The molecule has 0 heterocycles. The topological polar surface area (TPSA) is 107 Å². The first-order valence-electron chi connectivity index (χ1n) is 11.1. The average molecular weight is 433 g/mol. The van der Waals surface area contributed by atoms with Crippen molar-refractivity contribution in [3.05, 3.63) is 12.2 Å². The molecule has 1 spiro atoms. The van der Waals surface area contributed by atoms with Gasteiger partial charge in [0.25, 0.3) is 0 Å². The third-order valence-corrected chi connectivity index (χ3v) is 8.77. The van der Waals surface area contributed by atoms with Crippen LogP contribution in [0, 0.1) is 34.0 Å². The summed E-state index contributed by atoms with van der Waals surface area (Å²) in [5.74, 6) is -2.53. The van der Waals surface area contributed by atoms with E-state index in [4.69, 9.17) is 9.47 Å². The second kappa shape index (κ2) is 6.74. The number of carbonyl (C=O) groups excluding carboxylic acids is 4. The zero-order valence-electron chi connectivity index (χ0n) is 18.9. The molecule has 4 fully saturated rings. The number of ether oxygens (including phenoxy) is 2. The maximum absolute atomic E-state index is 13.8. The molecule has 0 aliphatic heterocycles. The summed E-state index contributed by atoms with van der Waals surface area (Å²) in [6, 6.07) is 0. The Morgan fingerprint density at radius 2 is 1.61 bits per heavy atom. The number of rotatable bonds is 2. The summed E-state index contributed by atoms with van der Waals surface area (Å²) >= 11 is 0. The van der Waals surface area contributed by atoms with Crippen molar-refractivity contribution >= 4 is 23.5 Å². The van der Waals surface area contributed by atoms with E-state index in [1.807, 2.05) is 20.8 Å². The average Bonchev–Trinajstić information content (AvgIpc) is 2.79. The Kier molecular flexibility index (Phi) is 4.82.